The van der Waals surface area contributed by atoms with Crippen molar-refractivity contribution in [3.8, 4) is 0 Å². The summed E-state index contributed by atoms with van der Waals surface area (Å²) in [6.07, 6.45) is -6.55. The summed E-state index contributed by atoms with van der Waals surface area (Å²) in [7, 11) is 0. The Morgan fingerprint density at radius 3 is 2.00 bits per heavy atom. The largest absolute Gasteiger partial charge is 0.463 e. The molecule has 1 saturated heterocycles. The SMILES string of the molecule is CC(=O)OC[C@H]1O[C@@](O)(Br)[C@H](OC(C)=O)[C@@H](OC(C)=O)C1(F)F. The molecule has 0 amide bonds. The minimum atomic E-state index is -3.92. The van der Waals surface area contributed by atoms with Crippen LogP contribution in [0.3, 0.4) is 0 Å². The normalized spacial score (nSPS) is 32.7. The van der Waals surface area contributed by atoms with Crippen molar-refractivity contribution in [3.05, 3.63) is 0 Å². The molecule has 1 heterocycles. The minimum Gasteiger partial charge on any atom is -0.463 e. The van der Waals surface area contributed by atoms with Gasteiger partial charge in [0, 0.05) is 20.8 Å². The molecule has 4 atom stereocenters. The summed E-state index contributed by atoms with van der Waals surface area (Å²) in [6, 6.07) is 0. The van der Waals surface area contributed by atoms with E-state index in [0.29, 0.717) is 0 Å². The maximum Gasteiger partial charge on any atom is 0.317 e. The summed E-state index contributed by atoms with van der Waals surface area (Å²) in [4.78, 5) is 32.9. The molecule has 1 rings (SSSR count). The molecule has 0 aliphatic carbocycles. The third-order valence-corrected chi connectivity index (χ3v) is 3.40. The number of esters is 3. The molecule has 0 unspecified atom stereocenters. The molecule has 1 aliphatic rings. The zero-order valence-corrected chi connectivity index (χ0v) is 14.0. The van der Waals surface area contributed by atoms with Crippen LogP contribution in [0.5, 0.6) is 0 Å². The van der Waals surface area contributed by atoms with Crippen LogP contribution in [0.15, 0.2) is 0 Å². The Balaban J connectivity index is 3.17. The summed E-state index contributed by atoms with van der Waals surface area (Å²) in [5.74, 6) is -6.87. The zero-order chi connectivity index (χ0) is 18.0. The Hall–Kier alpha value is -1.33. The van der Waals surface area contributed by atoms with Crippen molar-refractivity contribution in [1.82, 2.24) is 0 Å². The Labute approximate surface area is 138 Å². The maximum atomic E-state index is 14.5. The fraction of sp³-hybridized carbons (Fsp3) is 0.750. The second-order valence-corrected chi connectivity index (χ2v) is 5.89. The van der Waals surface area contributed by atoms with Gasteiger partial charge in [0.05, 0.1) is 0 Å². The van der Waals surface area contributed by atoms with Crippen LogP contribution in [0, 0.1) is 0 Å². The number of halogens is 3. The van der Waals surface area contributed by atoms with E-state index < -0.39 is 53.4 Å². The van der Waals surface area contributed by atoms with Gasteiger partial charge in [-0.15, -0.1) is 0 Å². The zero-order valence-electron chi connectivity index (χ0n) is 12.4. The predicted molar refractivity (Wildman–Crippen MR) is 71.4 cm³/mol. The van der Waals surface area contributed by atoms with Gasteiger partial charge in [-0.2, -0.15) is 8.78 Å². The molecule has 0 saturated carbocycles. The van der Waals surface area contributed by atoms with Crippen LogP contribution in [-0.2, 0) is 33.3 Å². The van der Waals surface area contributed by atoms with Crippen molar-refractivity contribution in [2.24, 2.45) is 0 Å². The van der Waals surface area contributed by atoms with Gasteiger partial charge >= 0.3 is 23.8 Å². The van der Waals surface area contributed by atoms with Crippen LogP contribution >= 0.6 is 15.9 Å². The van der Waals surface area contributed by atoms with E-state index in [1.165, 1.54) is 0 Å². The molecule has 0 aromatic rings. The fourth-order valence-corrected chi connectivity index (χ4v) is 2.45. The summed E-state index contributed by atoms with van der Waals surface area (Å²) in [6.45, 7) is 1.86. The molecule has 132 valence electrons. The van der Waals surface area contributed by atoms with E-state index in [1.807, 2.05) is 0 Å². The molecule has 0 aromatic carbocycles. The summed E-state index contributed by atoms with van der Waals surface area (Å²) in [5, 5.41) is 10.1. The van der Waals surface area contributed by atoms with Gasteiger partial charge in [0.25, 0.3) is 4.70 Å². The van der Waals surface area contributed by atoms with Crippen molar-refractivity contribution < 1.29 is 47.2 Å². The highest BCUT2D eigenvalue weighted by Crippen LogP contribution is 2.44. The number of alkyl halides is 3. The topological polar surface area (TPSA) is 108 Å². The second-order valence-electron chi connectivity index (χ2n) is 4.75. The Bertz CT molecular complexity index is 495. The van der Waals surface area contributed by atoms with Gasteiger partial charge in [0.15, 0.2) is 6.10 Å². The van der Waals surface area contributed by atoms with Crippen molar-refractivity contribution in [2.75, 3.05) is 6.61 Å². The van der Waals surface area contributed by atoms with E-state index in [1.54, 1.807) is 0 Å². The second kappa shape index (κ2) is 7.05. The number of aliphatic hydroxyl groups is 1. The molecule has 11 heteroatoms. The molecular formula is C12H15BrF2O8. The first-order valence-electron chi connectivity index (χ1n) is 6.32. The third-order valence-electron chi connectivity index (χ3n) is 2.77. The number of carbonyl (C=O) groups is 3. The highest BCUT2D eigenvalue weighted by atomic mass is 79.9. The quantitative estimate of drug-likeness (QED) is 0.409. The number of hydrogen-bond acceptors (Lipinski definition) is 8. The van der Waals surface area contributed by atoms with Crippen molar-refractivity contribution >= 4 is 33.8 Å². The van der Waals surface area contributed by atoms with Gasteiger partial charge in [0.2, 0.25) is 12.2 Å². The summed E-state index contributed by atoms with van der Waals surface area (Å²) < 4.78 is 44.7. The molecule has 0 bridgehead atoms. The highest BCUT2D eigenvalue weighted by Gasteiger charge is 2.66. The van der Waals surface area contributed by atoms with Gasteiger partial charge in [-0.3, -0.25) is 14.4 Å². The Kier molecular flexibility index (Phi) is 6.05. The van der Waals surface area contributed by atoms with E-state index in [9.17, 15) is 28.3 Å². The molecule has 23 heavy (non-hydrogen) atoms. The molecular weight excluding hydrogens is 390 g/mol. The monoisotopic (exact) mass is 404 g/mol. The van der Waals surface area contributed by atoms with Gasteiger partial charge in [-0.05, 0) is 15.9 Å². The third kappa shape index (κ3) is 4.82. The maximum absolute atomic E-state index is 14.5. The highest BCUT2D eigenvalue weighted by molar-refractivity contribution is 9.10. The average Bonchev–Trinajstić information content (AvgIpc) is 2.35. The van der Waals surface area contributed by atoms with E-state index in [0.717, 1.165) is 20.8 Å². The van der Waals surface area contributed by atoms with Crippen LogP contribution in [0.25, 0.3) is 0 Å². The fourth-order valence-electron chi connectivity index (χ4n) is 1.89. The van der Waals surface area contributed by atoms with Gasteiger partial charge < -0.3 is 24.1 Å². The van der Waals surface area contributed by atoms with Crippen LogP contribution < -0.4 is 0 Å². The van der Waals surface area contributed by atoms with Crippen molar-refractivity contribution in [3.63, 3.8) is 0 Å². The average molecular weight is 405 g/mol. The van der Waals surface area contributed by atoms with Crippen LogP contribution in [0.1, 0.15) is 20.8 Å². The first-order valence-corrected chi connectivity index (χ1v) is 7.12. The predicted octanol–water partition coefficient (Wildman–Crippen LogP) is 0.488. The van der Waals surface area contributed by atoms with Gasteiger partial charge in [0.1, 0.15) is 6.61 Å². The minimum absolute atomic E-state index is 0.853. The first kappa shape index (κ1) is 19.7. The number of rotatable bonds is 4. The molecule has 8 nitrogen and oxygen atoms in total. The standard InChI is InChI=1S/C12H15BrF2O8/c1-5(16)20-4-8-11(14,15)9(21-6(2)17)10(22-7(3)18)12(13,19)23-8/h8-10,19H,4H2,1-3H3/t8-,9-,10-,12-/m1/s1. The van der Waals surface area contributed by atoms with Gasteiger partial charge in [-0.25, -0.2) is 0 Å². The van der Waals surface area contributed by atoms with Crippen molar-refractivity contribution in [1.29, 1.82) is 0 Å². The molecule has 0 radical (unpaired) electrons. The lowest BCUT2D eigenvalue weighted by Gasteiger charge is -2.46. The number of ether oxygens (including phenoxy) is 4. The van der Waals surface area contributed by atoms with Crippen LogP contribution in [-0.4, -0.2) is 58.6 Å². The van der Waals surface area contributed by atoms with Crippen molar-refractivity contribution in [2.45, 2.75) is 49.7 Å². The summed E-state index contributed by atoms with van der Waals surface area (Å²) >= 11 is 2.61. The van der Waals surface area contributed by atoms with E-state index in [-0.39, 0.29) is 0 Å². The van der Waals surface area contributed by atoms with Gasteiger partial charge in [-0.1, -0.05) is 0 Å². The first-order chi connectivity index (χ1) is 10.4. The lowest BCUT2D eigenvalue weighted by molar-refractivity contribution is -0.349. The summed E-state index contributed by atoms with van der Waals surface area (Å²) in [5.41, 5.74) is 0. The molecule has 1 N–H and O–H groups in total. The molecule has 1 fully saturated rings. The Morgan fingerprint density at radius 1 is 1.09 bits per heavy atom. The van der Waals surface area contributed by atoms with Crippen LogP contribution in [0.2, 0.25) is 0 Å². The lowest BCUT2D eigenvalue weighted by atomic mass is 9.97. The molecule has 0 spiro atoms. The molecule has 0 aromatic heterocycles. The number of carbonyl (C=O) groups excluding carboxylic acids is 3. The number of hydrogen-bond donors (Lipinski definition) is 1. The van der Waals surface area contributed by atoms with E-state index in [4.69, 9.17) is 4.74 Å². The smallest absolute Gasteiger partial charge is 0.317 e. The molecule has 1 aliphatic heterocycles. The van der Waals surface area contributed by atoms with E-state index >= 15 is 0 Å². The van der Waals surface area contributed by atoms with E-state index in [2.05, 4.69) is 30.1 Å². The Morgan fingerprint density at radius 2 is 1.57 bits per heavy atom. The lowest BCUT2D eigenvalue weighted by Crippen LogP contribution is -2.68. The van der Waals surface area contributed by atoms with Crippen LogP contribution in [0.4, 0.5) is 8.78 Å².